The van der Waals surface area contributed by atoms with Crippen LogP contribution < -0.4 is 0 Å². The molecule has 6 fully saturated rings. The summed E-state index contributed by atoms with van der Waals surface area (Å²) in [5.41, 5.74) is 8.24. The van der Waals surface area contributed by atoms with Gasteiger partial charge in [0.2, 0.25) is 0 Å². The maximum Gasteiger partial charge on any atom is 0.136 e. The van der Waals surface area contributed by atoms with Crippen LogP contribution in [0.5, 0.6) is 0 Å². The molecule has 2 saturated heterocycles. The van der Waals surface area contributed by atoms with Crippen molar-refractivity contribution in [2.45, 2.75) is 157 Å². The number of allylic oxidation sites excluding steroid dienone is 2. The van der Waals surface area contributed by atoms with Gasteiger partial charge < -0.3 is 14.6 Å². The zero-order chi connectivity index (χ0) is 41.7. The van der Waals surface area contributed by atoms with Gasteiger partial charge in [-0.3, -0.25) is 14.8 Å². The number of nitrogens with zero attached hydrogens (tertiary/aromatic N) is 2. The number of aliphatic hydroxyl groups excluding tert-OH is 1. The van der Waals surface area contributed by atoms with Crippen molar-refractivity contribution in [3.63, 3.8) is 0 Å². The normalized spacial score (nSPS) is 41.9. The quantitative estimate of drug-likeness (QED) is 0.217. The number of ketones is 1. The van der Waals surface area contributed by atoms with E-state index in [1.807, 2.05) is 24.8 Å². The minimum Gasteiger partial charge on any atom is -0.393 e. The largest absolute Gasteiger partial charge is 0.393 e. The number of hydrogen-bond donors (Lipinski definition) is 1. The van der Waals surface area contributed by atoms with E-state index in [-0.39, 0.29) is 39.3 Å². The van der Waals surface area contributed by atoms with Crippen molar-refractivity contribution < 1.29 is 19.4 Å². The fraction of sp³-hybridized carbons (Fsp3) is 0.518. The molecule has 2 unspecified atom stereocenters. The zero-order valence-electron chi connectivity index (χ0n) is 36.5. The molecule has 62 heavy (non-hydrogen) atoms. The minimum absolute atomic E-state index is 0.138. The first kappa shape index (κ1) is 38.2. The maximum absolute atomic E-state index is 12.4. The molecule has 10 aliphatic rings. The monoisotopic (exact) mass is 824 g/mol. The van der Waals surface area contributed by atoms with Gasteiger partial charge in [0.25, 0.3) is 0 Å². The summed E-state index contributed by atoms with van der Waals surface area (Å²) in [7, 11) is 0. The molecule has 11 atom stereocenters. The van der Waals surface area contributed by atoms with Gasteiger partial charge in [0.15, 0.2) is 0 Å². The third-order valence-electron chi connectivity index (χ3n) is 19.3. The number of ether oxygens (including phenoxy) is 2. The number of aromatic nitrogens is 2. The van der Waals surface area contributed by atoms with E-state index in [1.54, 1.807) is 0 Å². The smallest absolute Gasteiger partial charge is 0.136 e. The summed E-state index contributed by atoms with van der Waals surface area (Å²) < 4.78 is 14.3. The van der Waals surface area contributed by atoms with Crippen LogP contribution in [0.4, 0.5) is 0 Å². The fourth-order valence-electron chi connectivity index (χ4n) is 16.3. The van der Waals surface area contributed by atoms with Gasteiger partial charge in [0, 0.05) is 54.8 Å². The number of benzene rings is 2. The molecular formula is C56H60N2O4. The Labute approximate surface area is 366 Å². The number of aliphatic hydroxyl groups is 1. The predicted octanol–water partition coefficient (Wildman–Crippen LogP) is 11.9. The third kappa shape index (κ3) is 5.18. The molecule has 0 amide bonds. The van der Waals surface area contributed by atoms with Crippen LogP contribution in [0.15, 0.2) is 120 Å². The summed E-state index contributed by atoms with van der Waals surface area (Å²) in [6.45, 7) is 5.03. The van der Waals surface area contributed by atoms with Crippen LogP contribution in [-0.2, 0) is 14.3 Å². The number of hydrogen-bond acceptors (Lipinski definition) is 6. The molecule has 4 aromatic rings. The molecule has 2 aromatic carbocycles. The second-order valence-corrected chi connectivity index (χ2v) is 22.0. The van der Waals surface area contributed by atoms with Crippen LogP contribution in [0.2, 0.25) is 0 Å². The summed E-state index contributed by atoms with van der Waals surface area (Å²) in [5, 5.41) is 15.5. The van der Waals surface area contributed by atoms with Gasteiger partial charge in [-0.05, 0) is 186 Å². The van der Waals surface area contributed by atoms with E-state index in [0.29, 0.717) is 42.3 Å². The molecular weight excluding hydrogens is 765 g/mol. The molecule has 6 heteroatoms. The van der Waals surface area contributed by atoms with Crippen LogP contribution in [0.25, 0.3) is 21.5 Å². The van der Waals surface area contributed by atoms with E-state index in [0.717, 1.165) is 64.2 Å². The van der Waals surface area contributed by atoms with Crippen molar-refractivity contribution in [3.8, 4) is 0 Å². The molecule has 4 bridgehead atoms. The molecule has 6 nitrogen and oxygen atoms in total. The first-order valence-corrected chi connectivity index (χ1v) is 24.2. The highest BCUT2D eigenvalue weighted by molar-refractivity contribution is 5.84. The first-order chi connectivity index (χ1) is 30.0. The Morgan fingerprint density at radius 1 is 0.613 bits per heavy atom. The average Bonchev–Trinajstić information content (AvgIpc) is 4.01. The van der Waals surface area contributed by atoms with Crippen LogP contribution in [0.1, 0.15) is 140 Å². The lowest BCUT2D eigenvalue weighted by atomic mass is 9.58. The Morgan fingerprint density at radius 2 is 1.16 bits per heavy atom. The molecule has 4 saturated carbocycles. The third-order valence-corrected chi connectivity index (χ3v) is 19.3. The SMILES string of the molecule is C[C@]12CC=C3C=C4CCC(=O)CC45CC[C@]3(O5)[C@@H]1CC[C@@H]2c1ccc2ccncc2c1.C[C@]12CC=C3C=C4CC[C@H](O)CC45CC[C@]3(O5)[C@@H]1CC[C@@H]2c1ccc2ccncc2c1. The Bertz CT molecular complexity index is 2710. The topological polar surface area (TPSA) is 81.5 Å². The molecule has 318 valence electrons. The standard InChI is InChI=1S/C28H31NO2.C28H29NO2/c2*1-26-10-8-22-15-21-4-5-23(30)16-27(21)11-12-28(22,31-27)25(26)7-6-24(26)19-3-2-18-9-13-29-17-20(18)14-19/h2-3,8-9,13-15,17,23-25,30H,4-7,10-12,16H2,1H3;2-3,8-9,13-15,17,24-25H,4-7,10-12,16H2,1H3/t23-,24+,25+,26+,27?,28+;24-,25-,26-,27?,28-/m01/s1. The first-order valence-electron chi connectivity index (χ1n) is 24.2. The van der Waals surface area contributed by atoms with Gasteiger partial charge in [0.05, 0.1) is 28.5 Å². The molecule has 4 spiro atoms. The lowest BCUT2D eigenvalue weighted by Gasteiger charge is -2.54. The van der Waals surface area contributed by atoms with E-state index in [1.165, 1.54) is 80.6 Å². The van der Waals surface area contributed by atoms with Crippen molar-refractivity contribution in [2.24, 2.45) is 22.7 Å². The highest BCUT2D eigenvalue weighted by atomic mass is 16.5. The van der Waals surface area contributed by atoms with Gasteiger partial charge in [-0.15, -0.1) is 0 Å². The minimum atomic E-state index is -0.294. The van der Waals surface area contributed by atoms with E-state index < -0.39 is 0 Å². The van der Waals surface area contributed by atoms with Gasteiger partial charge in [-0.1, -0.05) is 62.4 Å². The summed E-state index contributed by atoms with van der Waals surface area (Å²) in [5.74, 6) is 2.54. The van der Waals surface area contributed by atoms with E-state index >= 15 is 0 Å². The number of fused-ring (bicyclic) bond motifs is 4. The number of carbonyl (C=O) groups is 1. The molecule has 6 aliphatic carbocycles. The average molecular weight is 825 g/mol. The van der Waals surface area contributed by atoms with Crippen molar-refractivity contribution in [3.05, 3.63) is 131 Å². The van der Waals surface area contributed by atoms with Gasteiger partial charge in [-0.25, -0.2) is 0 Å². The van der Waals surface area contributed by atoms with Crippen molar-refractivity contribution in [1.82, 2.24) is 9.97 Å². The van der Waals surface area contributed by atoms with Crippen LogP contribution in [0.3, 0.4) is 0 Å². The van der Waals surface area contributed by atoms with E-state index in [4.69, 9.17) is 9.47 Å². The summed E-state index contributed by atoms with van der Waals surface area (Å²) in [4.78, 5) is 21.1. The summed E-state index contributed by atoms with van der Waals surface area (Å²) in [6.07, 6.45) is 33.7. The maximum atomic E-state index is 12.4. The summed E-state index contributed by atoms with van der Waals surface area (Å²) in [6, 6.07) is 18.2. The molecule has 2 aromatic heterocycles. The predicted molar refractivity (Wildman–Crippen MR) is 242 cm³/mol. The van der Waals surface area contributed by atoms with Crippen LogP contribution >= 0.6 is 0 Å². The van der Waals surface area contributed by atoms with E-state index in [2.05, 4.69) is 96.7 Å². The Balaban J connectivity index is 0.000000126. The Morgan fingerprint density at radius 3 is 1.76 bits per heavy atom. The highest BCUT2D eigenvalue weighted by Crippen LogP contribution is 2.71. The van der Waals surface area contributed by atoms with Crippen molar-refractivity contribution in [2.75, 3.05) is 0 Å². The number of pyridine rings is 2. The van der Waals surface area contributed by atoms with E-state index in [9.17, 15) is 9.90 Å². The lowest BCUT2D eigenvalue weighted by Crippen LogP contribution is -2.54. The van der Waals surface area contributed by atoms with Crippen LogP contribution in [0, 0.1) is 22.7 Å². The second kappa shape index (κ2) is 13.2. The van der Waals surface area contributed by atoms with Gasteiger partial charge in [0.1, 0.15) is 5.78 Å². The molecule has 0 radical (unpaired) electrons. The highest BCUT2D eigenvalue weighted by Gasteiger charge is 2.68. The second-order valence-electron chi connectivity index (χ2n) is 22.0. The van der Waals surface area contributed by atoms with Crippen molar-refractivity contribution >= 4 is 27.3 Å². The molecule has 14 rings (SSSR count). The molecule has 6 heterocycles. The Hall–Kier alpha value is -4.23. The number of rotatable bonds is 2. The Kier molecular flexibility index (Phi) is 8.13. The fourth-order valence-corrected chi connectivity index (χ4v) is 16.3. The number of carbonyl (C=O) groups excluding carboxylic acids is 1. The lowest BCUT2D eigenvalue weighted by molar-refractivity contribution is -0.146. The summed E-state index contributed by atoms with van der Waals surface area (Å²) >= 11 is 0. The van der Waals surface area contributed by atoms with Gasteiger partial charge in [-0.2, -0.15) is 0 Å². The zero-order valence-corrected chi connectivity index (χ0v) is 36.5. The van der Waals surface area contributed by atoms with Crippen molar-refractivity contribution in [1.29, 1.82) is 0 Å². The number of Topliss-reactive ketones (excluding diaryl/α,β-unsaturated/α-hetero) is 1. The molecule has 4 aliphatic heterocycles. The van der Waals surface area contributed by atoms with Gasteiger partial charge >= 0.3 is 0 Å². The van der Waals surface area contributed by atoms with Crippen LogP contribution in [-0.4, -0.2) is 49.4 Å². The molecule has 1 N–H and O–H groups in total.